The van der Waals surface area contributed by atoms with Gasteiger partial charge in [-0.15, -0.1) is 24.0 Å². The Hall–Kier alpha value is -1.83. The van der Waals surface area contributed by atoms with E-state index in [1.54, 1.807) is 13.2 Å². The summed E-state index contributed by atoms with van der Waals surface area (Å²) < 4.78 is 5.56. The van der Waals surface area contributed by atoms with Gasteiger partial charge in [-0.1, -0.05) is 42.8 Å². The average molecular weight is 468 g/mol. The van der Waals surface area contributed by atoms with Crippen LogP contribution in [0.2, 0.25) is 0 Å². The highest BCUT2D eigenvalue weighted by Gasteiger charge is 2.08. The molecule has 142 valence electrons. The fraction of sp³-hybridized carbons (Fsp3) is 0.400. The summed E-state index contributed by atoms with van der Waals surface area (Å²) in [7, 11) is 1.78. The maximum absolute atomic E-state index is 5.56. The van der Waals surface area contributed by atoms with Crippen LogP contribution < -0.4 is 15.4 Å². The van der Waals surface area contributed by atoms with E-state index in [4.69, 9.17) is 4.74 Å². The Bertz CT molecular complexity index is 688. The lowest BCUT2D eigenvalue weighted by molar-refractivity contribution is 0.322. The topological polar surface area (TPSA) is 58.5 Å². The van der Waals surface area contributed by atoms with Gasteiger partial charge < -0.3 is 15.4 Å². The number of hydrogen-bond acceptors (Lipinski definition) is 3. The molecule has 0 aliphatic carbocycles. The molecule has 1 heterocycles. The standard InChI is InChI=1S/C20H28N4O.HI/c1-5-25-19-18(7-6-12-22-19)14-24-20(21-4)23-13-16(3)17-10-8-15(2)9-11-17;/h6-12,16H,5,13-14H2,1-4H3,(H2,21,23,24);1H. The summed E-state index contributed by atoms with van der Waals surface area (Å²) in [6, 6.07) is 12.6. The van der Waals surface area contributed by atoms with Crippen LogP contribution in [-0.4, -0.2) is 31.1 Å². The second-order valence-electron chi connectivity index (χ2n) is 6.02. The van der Waals surface area contributed by atoms with E-state index in [0.717, 1.165) is 18.1 Å². The van der Waals surface area contributed by atoms with Crippen LogP contribution in [0, 0.1) is 6.92 Å². The predicted molar refractivity (Wildman–Crippen MR) is 119 cm³/mol. The number of aryl methyl sites for hydroxylation is 1. The molecule has 0 aliphatic rings. The van der Waals surface area contributed by atoms with Gasteiger partial charge in [0.2, 0.25) is 5.88 Å². The molecule has 26 heavy (non-hydrogen) atoms. The average Bonchev–Trinajstić information content (AvgIpc) is 2.63. The Morgan fingerprint density at radius 2 is 1.92 bits per heavy atom. The Kier molecular flexibility index (Phi) is 10.0. The molecule has 1 aromatic carbocycles. The molecule has 0 amide bonds. The second-order valence-corrected chi connectivity index (χ2v) is 6.02. The first kappa shape index (κ1) is 22.2. The van der Waals surface area contributed by atoms with Crippen molar-refractivity contribution >= 4 is 29.9 Å². The number of benzene rings is 1. The van der Waals surface area contributed by atoms with Crippen molar-refractivity contribution in [3.8, 4) is 5.88 Å². The van der Waals surface area contributed by atoms with E-state index in [0.29, 0.717) is 24.9 Å². The first-order valence-electron chi connectivity index (χ1n) is 8.71. The third-order valence-corrected chi connectivity index (χ3v) is 4.02. The number of aliphatic imine (C=N–C) groups is 1. The molecule has 1 aromatic heterocycles. The molecular weight excluding hydrogens is 439 g/mol. The van der Waals surface area contributed by atoms with Gasteiger partial charge in [0.05, 0.1) is 6.61 Å². The van der Waals surface area contributed by atoms with Crippen molar-refractivity contribution in [1.29, 1.82) is 0 Å². The van der Waals surface area contributed by atoms with Crippen molar-refractivity contribution in [2.45, 2.75) is 33.2 Å². The highest BCUT2D eigenvalue weighted by molar-refractivity contribution is 14.0. The minimum atomic E-state index is 0. The second kappa shape index (κ2) is 11.7. The van der Waals surface area contributed by atoms with Gasteiger partial charge in [-0.05, 0) is 31.4 Å². The fourth-order valence-corrected chi connectivity index (χ4v) is 2.49. The molecule has 2 rings (SSSR count). The van der Waals surface area contributed by atoms with E-state index < -0.39 is 0 Å². The first-order valence-corrected chi connectivity index (χ1v) is 8.71. The van der Waals surface area contributed by atoms with Crippen LogP contribution in [0.3, 0.4) is 0 Å². The number of ether oxygens (including phenoxy) is 1. The Labute approximate surface area is 173 Å². The van der Waals surface area contributed by atoms with Crippen LogP contribution in [0.25, 0.3) is 0 Å². The van der Waals surface area contributed by atoms with Gasteiger partial charge in [0.1, 0.15) is 0 Å². The number of nitrogens with one attached hydrogen (secondary N) is 2. The summed E-state index contributed by atoms with van der Waals surface area (Å²) in [4.78, 5) is 8.56. The van der Waals surface area contributed by atoms with Gasteiger partial charge in [-0.3, -0.25) is 4.99 Å². The van der Waals surface area contributed by atoms with Gasteiger partial charge in [-0.25, -0.2) is 4.98 Å². The number of halogens is 1. The molecule has 2 aromatic rings. The van der Waals surface area contributed by atoms with Crippen molar-refractivity contribution < 1.29 is 4.74 Å². The van der Waals surface area contributed by atoms with E-state index in [-0.39, 0.29) is 24.0 Å². The Morgan fingerprint density at radius 3 is 2.58 bits per heavy atom. The van der Waals surface area contributed by atoms with Crippen molar-refractivity contribution in [3.05, 3.63) is 59.3 Å². The fourth-order valence-electron chi connectivity index (χ4n) is 2.49. The van der Waals surface area contributed by atoms with Gasteiger partial charge in [0.25, 0.3) is 0 Å². The highest BCUT2D eigenvalue weighted by atomic mass is 127. The van der Waals surface area contributed by atoms with Crippen LogP contribution in [-0.2, 0) is 6.54 Å². The van der Waals surface area contributed by atoms with Crippen LogP contribution >= 0.6 is 24.0 Å². The summed E-state index contributed by atoms with van der Waals surface area (Å²) in [6.45, 7) is 8.30. The molecule has 0 saturated carbocycles. The van der Waals surface area contributed by atoms with Gasteiger partial charge >= 0.3 is 0 Å². The number of nitrogens with zero attached hydrogens (tertiary/aromatic N) is 2. The van der Waals surface area contributed by atoms with Crippen molar-refractivity contribution in [2.75, 3.05) is 20.2 Å². The summed E-state index contributed by atoms with van der Waals surface area (Å²) in [5, 5.41) is 6.70. The molecule has 0 aliphatic heterocycles. The van der Waals surface area contributed by atoms with Crippen LogP contribution in [0.4, 0.5) is 0 Å². The zero-order valence-corrected chi connectivity index (χ0v) is 18.3. The lowest BCUT2D eigenvalue weighted by Crippen LogP contribution is -2.38. The maximum atomic E-state index is 5.56. The minimum absolute atomic E-state index is 0. The number of pyridine rings is 1. The molecule has 0 saturated heterocycles. The molecule has 6 heteroatoms. The van der Waals surface area contributed by atoms with E-state index in [9.17, 15) is 0 Å². The largest absolute Gasteiger partial charge is 0.478 e. The first-order chi connectivity index (χ1) is 12.1. The molecule has 5 nitrogen and oxygen atoms in total. The molecule has 1 unspecified atom stereocenters. The smallest absolute Gasteiger partial charge is 0.218 e. The predicted octanol–water partition coefficient (Wildman–Crippen LogP) is 3.88. The number of rotatable bonds is 7. The van der Waals surface area contributed by atoms with Gasteiger partial charge in [0, 0.05) is 31.9 Å². The summed E-state index contributed by atoms with van der Waals surface area (Å²) in [6.07, 6.45) is 1.74. The third-order valence-electron chi connectivity index (χ3n) is 4.02. The lowest BCUT2D eigenvalue weighted by atomic mass is 10.0. The quantitative estimate of drug-likeness (QED) is 0.368. The van der Waals surface area contributed by atoms with Crippen molar-refractivity contribution in [3.63, 3.8) is 0 Å². The monoisotopic (exact) mass is 468 g/mol. The Balaban J connectivity index is 0.00000338. The van der Waals surface area contributed by atoms with Gasteiger partial charge in [0.15, 0.2) is 5.96 Å². The van der Waals surface area contributed by atoms with E-state index >= 15 is 0 Å². The molecule has 0 radical (unpaired) electrons. The van der Waals surface area contributed by atoms with E-state index in [1.807, 2.05) is 19.1 Å². The number of aromatic nitrogens is 1. The minimum Gasteiger partial charge on any atom is -0.478 e. The maximum Gasteiger partial charge on any atom is 0.218 e. The zero-order valence-electron chi connectivity index (χ0n) is 16.0. The van der Waals surface area contributed by atoms with E-state index in [2.05, 4.69) is 58.7 Å². The lowest BCUT2D eigenvalue weighted by Gasteiger charge is -2.17. The SMILES string of the molecule is CCOc1ncccc1CNC(=NC)NCC(C)c1ccc(C)cc1.I. The van der Waals surface area contributed by atoms with Crippen LogP contribution in [0.5, 0.6) is 5.88 Å². The Morgan fingerprint density at radius 1 is 1.19 bits per heavy atom. The zero-order chi connectivity index (χ0) is 18.1. The molecule has 0 fully saturated rings. The van der Waals surface area contributed by atoms with Crippen molar-refractivity contribution in [2.24, 2.45) is 4.99 Å². The van der Waals surface area contributed by atoms with Gasteiger partial charge in [-0.2, -0.15) is 0 Å². The molecule has 1 atom stereocenters. The summed E-state index contributed by atoms with van der Waals surface area (Å²) >= 11 is 0. The molecular formula is C20H29IN4O. The van der Waals surface area contributed by atoms with Crippen molar-refractivity contribution in [1.82, 2.24) is 15.6 Å². The normalized spacial score (nSPS) is 12.1. The highest BCUT2D eigenvalue weighted by Crippen LogP contribution is 2.15. The summed E-state index contributed by atoms with van der Waals surface area (Å²) in [5.41, 5.74) is 3.61. The molecule has 0 bridgehead atoms. The number of guanidine groups is 1. The van der Waals surface area contributed by atoms with E-state index in [1.165, 1.54) is 11.1 Å². The molecule has 2 N–H and O–H groups in total. The van der Waals surface area contributed by atoms with Crippen LogP contribution in [0.15, 0.2) is 47.6 Å². The van der Waals surface area contributed by atoms with Crippen LogP contribution in [0.1, 0.15) is 36.5 Å². The summed E-state index contributed by atoms with van der Waals surface area (Å²) in [5.74, 6) is 1.84. The number of hydrogen-bond donors (Lipinski definition) is 2. The third kappa shape index (κ3) is 6.82. The molecule has 0 spiro atoms.